The summed E-state index contributed by atoms with van der Waals surface area (Å²) in [5.74, 6) is 6.19. The van der Waals surface area contributed by atoms with Crippen LogP contribution < -0.4 is 0 Å². The molecule has 2 aromatic rings. The molecule has 0 fully saturated rings. The van der Waals surface area contributed by atoms with Gasteiger partial charge in [-0.05, 0) is 36.6 Å². The fourth-order valence-electron chi connectivity index (χ4n) is 1.91. The molecule has 19 heavy (non-hydrogen) atoms. The average Bonchev–Trinajstić information content (AvgIpc) is 2.45. The van der Waals surface area contributed by atoms with E-state index < -0.39 is 6.29 Å². The third-order valence-electron chi connectivity index (χ3n) is 2.75. The Morgan fingerprint density at radius 1 is 0.947 bits per heavy atom. The van der Waals surface area contributed by atoms with Gasteiger partial charge in [0.1, 0.15) is 0 Å². The van der Waals surface area contributed by atoms with Gasteiger partial charge in [0.25, 0.3) is 0 Å². The van der Waals surface area contributed by atoms with Crippen LogP contribution in [0.2, 0.25) is 0 Å². The number of hydrogen-bond acceptors (Lipinski definition) is 2. The second-order valence-corrected chi connectivity index (χ2v) is 4.04. The van der Waals surface area contributed by atoms with Crippen molar-refractivity contribution in [2.75, 3.05) is 13.2 Å². The van der Waals surface area contributed by atoms with Gasteiger partial charge in [-0.1, -0.05) is 42.3 Å². The molecule has 2 nitrogen and oxygen atoms in total. The minimum Gasteiger partial charge on any atom is -0.342 e. The van der Waals surface area contributed by atoms with E-state index in [2.05, 4.69) is 30.0 Å². The summed E-state index contributed by atoms with van der Waals surface area (Å²) in [6, 6.07) is 14.3. The zero-order valence-corrected chi connectivity index (χ0v) is 11.3. The Balaban J connectivity index is 2.30. The fourth-order valence-corrected chi connectivity index (χ4v) is 1.91. The van der Waals surface area contributed by atoms with Crippen molar-refractivity contribution in [2.24, 2.45) is 0 Å². The van der Waals surface area contributed by atoms with Crippen molar-refractivity contribution in [2.45, 2.75) is 20.1 Å². The van der Waals surface area contributed by atoms with Crippen molar-refractivity contribution in [1.82, 2.24) is 0 Å². The highest BCUT2D eigenvalue weighted by Crippen LogP contribution is 2.17. The summed E-state index contributed by atoms with van der Waals surface area (Å²) >= 11 is 0. The molecule has 0 bridgehead atoms. The molecule has 0 heterocycles. The molecule has 0 aliphatic carbocycles. The molecule has 0 saturated heterocycles. The highest BCUT2D eigenvalue weighted by atomic mass is 16.7. The lowest BCUT2D eigenvalue weighted by Crippen LogP contribution is -2.14. The van der Waals surface area contributed by atoms with E-state index >= 15 is 0 Å². The Kier molecular flexibility index (Phi) is 4.97. The molecular weight excluding hydrogens is 236 g/mol. The SMILES string of the molecule is CCOC(C#Cc1cccc2ccccc12)OCC. The Labute approximate surface area is 114 Å². The molecule has 0 atom stereocenters. The maximum Gasteiger partial charge on any atom is 0.222 e. The van der Waals surface area contributed by atoms with E-state index in [0.29, 0.717) is 13.2 Å². The molecule has 0 unspecified atom stereocenters. The fraction of sp³-hybridized carbons (Fsp3) is 0.294. The summed E-state index contributed by atoms with van der Waals surface area (Å²) in [4.78, 5) is 0. The summed E-state index contributed by atoms with van der Waals surface area (Å²) in [5, 5.41) is 2.35. The van der Waals surface area contributed by atoms with Crippen LogP contribution in [0, 0.1) is 11.8 Å². The van der Waals surface area contributed by atoms with Crippen LogP contribution >= 0.6 is 0 Å². The highest BCUT2D eigenvalue weighted by Gasteiger charge is 2.02. The van der Waals surface area contributed by atoms with Gasteiger partial charge >= 0.3 is 0 Å². The molecule has 98 valence electrons. The van der Waals surface area contributed by atoms with Crippen LogP contribution in [0.4, 0.5) is 0 Å². The Hall–Kier alpha value is -1.82. The minimum absolute atomic E-state index is 0.450. The third-order valence-corrected chi connectivity index (χ3v) is 2.75. The van der Waals surface area contributed by atoms with Crippen molar-refractivity contribution in [3.8, 4) is 11.8 Å². The van der Waals surface area contributed by atoms with Crippen LogP contribution in [0.15, 0.2) is 42.5 Å². The second-order valence-electron chi connectivity index (χ2n) is 4.04. The molecule has 2 aromatic carbocycles. The Morgan fingerprint density at radius 2 is 1.63 bits per heavy atom. The smallest absolute Gasteiger partial charge is 0.222 e. The van der Waals surface area contributed by atoms with Crippen LogP contribution in [-0.2, 0) is 9.47 Å². The Morgan fingerprint density at radius 3 is 2.37 bits per heavy atom. The second kappa shape index (κ2) is 6.94. The zero-order chi connectivity index (χ0) is 13.5. The number of benzene rings is 2. The predicted octanol–water partition coefficient (Wildman–Crippen LogP) is 3.59. The minimum atomic E-state index is -0.450. The predicted molar refractivity (Wildman–Crippen MR) is 77.9 cm³/mol. The first-order valence-electron chi connectivity index (χ1n) is 6.57. The first-order valence-corrected chi connectivity index (χ1v) is 6.57. The number of ether oxygens (including phenoxy) is 2. The standard InChI is InChI=1S/C17H18O2/c1-3-18-17(19-4-2)13-12-15-10-7-9-14-8-5-6-11-16(14)15/h5-11,17H,3-4H2,1-2H3. The van der Waals surface area contributed by atoms with Gasteiger partial charge in [0, 0.05) is 18.8 Å². The Bertz CT molecular complexity index is 581. The summed E-state index contributed by atoms with van der Waals surface area (Å²) in [5.41, 5.74) is 1.00. The monoisotopic (exact) mass is 254 g/mol. The normalized spacial score (nSPS) is 10.5. The quantitative estimate of drug-likeness (QED) is 0.613. The van der Waals surface area contributed by atoms with Gasteiger partial charge in [0.2, 0.25) is 6.29 Å². The van der Waals surface area contributed by atoms with Gasteiger partial charge < -0.3 is 9.47 Å². The first kappa shape index (κ1) is 13.6. The summed E-state index contributed by atoms with van der Waals surface area (Å²) < 4.78 is 10.8. The first-order chi connectivity index (χ1) is 9.35. The van der Waals surface area contributed by atoms with Gasteiger partial charge in [-0.15, -0.1) is 0 Å². The van der Waals surface area contributed by atoms with E-state index in [1.165, 1.54) is 5.39 Å². The van der Waals surface area contributed by atoms with Crippen molar-refractivity contribution in [3.05, 3.63) is 48.0 Å². The third kappa shape index (κ3) is 3.57. The number of hydrogen-bond donors (Lipinski definition) is 0. The highest BCUT2D eigenvalue weighted by molar-refractivity contribution is 5.88. The van der Waals surface area contributed by atoms with E-state index in [4.69, 9.17) is 9.47 Å². The topological polar surface area (TPSA) is 18.5 Å². The van der Waals surface area contributed by atoms with E-state index in [1.54, 1.807) is 0 Å². The molecule has 0 spiro atoms. The van der Waals surface area contributed by atoms with Crippen molar-refractivity contribution in [1.29, 1.82) is 0 Å². The van der Waals surface area contributed by atoms with Gasteiger partial charge in [-0.2, -0.15) is 0 Å². The van der Waals surface area contributed by atoms with Crippen molar-refractivity contribution >= 4 is 10.8 Å². The lowest BCUT2D eigenvalue weighted by molar-refractivity contribution is -0.0969. The molecule has 0 aromatic heterocycles. The molecule has 2 heteroatoms. The van der Waals surface area contributed by atoms with E-state index in [0.717, 1.165) is 10.9 Å². The van der Waals surface area contributed by atoms with Crippen LogP contribution in [0.5, 0.6) is 0 Å². The van der Waals surface area contributed by atoms with Crippen LogP contribution in [0.25, 0.3) is 10.8 Å². The van der Waals surface area contributed by atoms with Gasteiger partial charge in [0.05, 0.1) is 0 Å². The van der Waals surface area contributed by atoms with Gasteiger partial charge in [0.15, 0.2) is 0 Å². The summed E-state index contributed by atoms with van der Waals surface area (Å²) in [7, 11) is 0. The largest absolute Gasteiger partial charge is 0.342 e. The molecular formula is C17H18O2. The van der Waals surface area contributed by atoms with Crippen LogP contribution in [0.3, 0.4) is 0 Å². The molecule has 0 aliphatic rings. The van der Waals surface area contributed by atoms with Crippen molar-refractivity contribution in [3.63, 3.8) is 0 Å². The van der Waals surface area contributed by atoms with E-state index in [1.807, 2.05) is 38.1 Å². The number of rotatable bonds is 4. The maximum atomic E-state index is 5.42. The van der Waals surface area contributed by atoms with E-state index in [-0.39, 0.29) is 0 Å². The van der Waals surface area contributed by atoms with Gasteiger partial charge in [-0.25, -0.2) is 0 Å². The summed E-state index contributed by atoms with van der Waals surface area (Å²) in [6.07, 6.45) is -0.450. The lowest BCUT2D eigenvalue weighted by atomic mass is 10.1. The molecule has 0 N–H and O–H groups in total. The van der Waals surface area contributed by atoms with Crippen LogP contribution in [-0.4, -0.2) is 19.5 Å². The van der Waals surface area contributed by atoms with Gasteiger partial charge in [-0.3, -0.25) is 0 Å². The van der Waals surface area contributed by atoms with Crippen LogP contribution in [0.1, 0.15) is 19.4 Å². The molecule has 2 rings (SSSR count). The molecule has 0 radical (unpaired) electrons. The molecule has 0 aliphatic heterocycles. The van der Waals surface area contributed by atoms with E-state index in [9.17, 15) is 0 Å². The molecule has 0 amide bonds. The maximum absolute atomic E-state index is 5.42. The summed E-state index contributed by atoms with van der Waals surface area (Å²) in [6.45, 7) is 5.06. The lowest BCUT2D eigenvalue weighted by Gasteiger charge is -2.09. The van der Waals surface area contributed by atoms with Crippen molar-refractivity contribution < 1.29 is 9.47 Å². The average molecular weight is 254 g/mol. The molecule has 0 saturated carbocycles. The number of fused-ring (bicyclic) bond motifs is 1. The zero-order valence-electron chi connectivity index (χ0n) is 11.3.